The van der Waals surface area contributed by atoms with Crippen molar-refractivity contribution in [3.05, 3.63) is 56.3 Å². The van der Waals surface area contributed by atoms with Crippen molar-refractivity contribution in [2.75, 3.05) is 18.5 Å². The lowest BCUT2D eigenvalue weighted by Gasteiger charge is -2.30. The Balaban J connectivity index is 1.55. The molecule has 2 N–H and O–H groups in total. The Hall–Kier alpha value is -3.58. The quantitative estimate of drug-likeness (QED) is 0.238. The summed E-state index contributed by atoms with van der Waals surface area (Å²) in [5, 5.41) is 5.27. The Labute approximate surface area is 239 Å². The number of amides is 2. The number of esters is 1. The zero-order chi connectivity index (χ0) is 29.2. The van der Waals surface area contributed by atoms with Gasteiger partial charge in [-0.15, -0.1) is 11.3 Å². The van der Waals surface area contributed by atoms with Crippen LogP contribution in [0.25, 0.3) is 5.69 Å². The number of anilines is 1. The number of carbonyl (C=O) groups excluding carboxylic acids is 3. The molecule has 1 atom stereocenters. The molecule has 13 heteroatoms. The Morgan fingerprint density at radius 1 is 1.25 bits per heavy atom. The topological polar surface area (TPSA) is 135 Å². The number of aromatic nitrogens is 2. The molecular formula is C27H33N4O7S2+. The zero-order valence-electron chi connectivity index (χ0n) is 23.3. The predicted molar refractivity (Wildman–Crippen MR) is 150 cm³/mol. The lowest BCUT2D eigenvalue weighted by Crippen LogP contribution is -2.39. The number of fused-ring (bicyclic) bond motifs is 1. The van der Waals surface area contributed by atoms with Crippen molar-refractivity contribution in [2.45, 2.75) is 70.4 Å². The van der Waals surface area contributed by atoms with Crippen LogP contribution in [0.5, 0.6) is 0 Å². The second-order valence-corrected chi connectivity index (χ2v) is 12.7. The summed E-state index contributed by atoms with van der Waals surface area (Å²) in [5.74, 6) is -0.945. The summed E-state index contributed by atoms with van der Waals surface area (Å²) < 4.78 is 17.3. The summed E-state index contributed by atoms with van der Waals surface area (Å²) in [6, 6.07) is 7.46. The van der Waals surface area contributed by atoms with E-state index < -0.39 is 34.4 Å². The maximum atomic E-state index is 13.3. The van der Waals surface area contributed by atoms with Gasteiger partial charge in [0.15, 0.2) is 0 Å². The number of rotatable bonds is 7. The van der Waals surface area contributed by atoms with Crippen LogP contribution in [0, 0.1) is 6.92 Å². The Morgan fingerprint density at radius 2 is 1.95 bits per heavy atom. The van der Waals surface area contributed by atoms with Gasteiger partial charge in [0, 0.05) is 23.6 Å². The molecule has 11 nitrogen and oxygen atoms in total. The van der Waals surface area contributed by atoms with E-state index in [1.54, 1.807) is 39.5 Å². The van der Waals surface area contributed by atoms with Gasteiger partial charge in [-0.2, -0.15) is 0 Å². The number of aryl methyl sites for hydroxylation is 1. The zero-order valence-corrected chi connectivity index (χ0v) is 24.9. The molecule has 3 heterocycles. The van der Waals surface area contributed by atoms with Crippen LogP contribution in [0.15, 0.2) is 38.6 Å². The third kappa shape index (κ3) is 6.58. The number of benzene rings is 1. The Kier molecular flexibility index (Phi) is 8.74. The largest absolute Gasteiger partial charge is 0.462 e. The number of H-pyrrole nitrogens is 1. The molecule has 214 valence electrons. The van der Waals surface area contributed by atoms with E-state index >= 15 is 0 Å². The third-order valence-corrected chi connectivity index (χ3v) is 8.25. The van der Waals surface area contributed by atoms with Crippen molar-refractivity contribution >= 4 is 46.1 Å². The van der Waals surface area contributed by atoms with Crippen molar-refractivity contribution in [3.8, 4) is 5.69 Å². The molecule has 1 aromatic carbocycles. The first-order valence-corrected chi connectivity index (χ1v) is 14.5. The molecule has 40 heavy (non-hydrogen) atoms. The fourth-order valence-electron chi connectivity index (χ4n) is 4.06. The summed E-state index contributed by atoms with van der Waals surface area (Å²) in [5.41, 5.74) is 1.55. The molecule has 0 saturated carbocycles. The highest BCUT2D eigenvalue weighted by molar-refractivity contribution is 8.00. The molecule has 0 radical (unpaired) electrons. The highest BCUT2D eigenvalue weighted by Crippen LogP contribution is 2.38. The molecule has 2 aromatic heterocycles. The fourth-order valence-corrected chi connectivity index (χ4v) is 6.20. The van der Waals surface area contributed by atoms with Gasteiger partial charge < -0.3 is 19.7 Å². The summed E-state index contributed by atoms with van der Waals surface area (Å²) in [6.07, 6.45) is -0.0209. The number of aromatic amines is 1. The first-order chi connectivity index (χ1) is 18.9. The highest BCUT2D eigenvalue weighted by atomic mass is 32.2. The second-order valence-electron chi connectivity index (χ2n) is 10.3. The Bertz CT molecular complexity index is 1470. The monoisotopic (exact) mass is 589 g/mol. The number of carbonyl (C=O) groups is 3. The smallest absolute Gasteiger partial charge is 0.442 e. The van der Waals surface area contributed by atoms with Crippen LogP contribution in [0.4, 0.5) is 9.80 Å². The first-order valence-electron chi connectivity index (χ1n) is 12.9. The van der Waals surface area contributed by atoms with Gasteiger partial charge in [0.2, 0.25) is 11.6 Å². The van der Waals surface area contributed by atoms with Crippen LogP contribution in [-0.2, 0) is 27.2 Å². The van der Waals surface area contributed by atoms with Crippen molar-refractivity contribution in [1.29, 1.82) is 0 Å². The molecule has 0 saturated heterocycles. The van der Waals surface area contributed by atoms with Crippen LogP contribution < -0.4 is 15.6 Å². The number of nitrogens with zero attached hydrogens (tertiary/aromatic N) is 2. The first kappa shape index (κ1) is 29.4. The van der Waals surface area contributed by atoms with E-state index in [1.807, 2.05) is 31.2 Å². The number of nitrogens with one attached hydrogen (secondary N) is 2. The number of thioether (sulfide) groups is 1. The van der Waals surface area contributed by atoms with E-state index in [2.05, 4.69) is 10.6 Å². The van der Waals surface area contributed by atoms with Gasteiger partial charge in [0.1, 0.15) is 10.6 Å². The number of hydrogen-bond donors (Lipinski definition) is 2. The van der Waals surface area contributed by atoms with Gasteiger partial charge in [-0.1, -0.05) is 17.7 Å². The van der Waals surface area contributed by atoms with E-state index in [-0.39, 0.29) is 18.2 Å². The summed E-state index contributed by atoms with van der Waals surface area (Å²) >= 11 is 2.26. The molecule has 0 bridgehead atoms. The van der Waals surface area contributed by atoms with E-state index in [0.29, 0.717) is 29.2 Å². The molecule has 2 amide bonds. The fraction of sp³-hybridized carbons (Fsp3) is 0.444. The number of hydrogen-bond acceptors (Lipinski definition) is 9. The number of ether oxygens (including phenoxy) is 2. The molecule has 1 aliphatic heterocycles. The summed E-state index contributed by atoms with van der Waals surface area (Å²) in [6.45, 7) is 11.5. The molecule has 0 fully saturated rings. The lowest BCUT2D eigenvalue weighted by atomic mass is 10.0. The van der Waals surface area contributed by atoms with Gasteiger partial charge in [-0.3, -0.25) is 9.32 Å². The van der Waals surface area contributed by atoms with Crippen molar-refractivity contribution < 1.29 is 33.1 Å². The van der Waals surface area contributed by atoms with Crippen molar-refractivity contribution in [3.63, 3.8) is 0 Å². The van der Waals surface area contributed by atoms with Gasteiger partial charge >= 0.3 is 22.7 Å². The maximum absolute atomic E-state index is 13.3. The molecule has 0 aliphatic carbocycles. The van der Waals surface area contributed by atoms with Gasteiger partial charge in [0.25, 0.3) is 0 Å². The van der Waals surface area contributed by atoms with Crippen LogP contribution in [0.1, 0.15) is 61.0 Å². The van der Waals surface area contributed by atoms with Crippen LogP contribution in [0.2, 0.25) is 0 Å². The molecule has 4 rings (SSSR count). The number of thiophene rings is 1. The lowest BCUT2D eigenvalue weighted by molar-refractivity contribution is -0.704. The predicted octanol–water partition coefficient (Wildman–Crippen LogP) is 4.20. The maximum Gasteiger partial charge on any atom is 0.442 e. The van der Waals surface area contributed by atoms with Crippen molar-refractivity contribution in [2.24, 2.45) is 0 Å². The normalized spacial score (nSPS) is 13.9. The van der Waals surface area contributed by atoms with Crippen LogP contribution in [0.3, 0.4) is 0 Å². The third-order valence-electron chi connectivity index (χ3n) is 5.98. The molecule has 0 spiro atoms. The van der Waals surface area contributed by atoms with Crippen molar-refractivity contribution in [1.82, 2.24) is 10.2 Å². The van der Waals surface area contributed by atoms with E-state index in [4.69, 9.17) is 14.0 Å². The minimum atomic E-state index is -0.720. The standard InChI is InChI=1S/C27H32N4O7S2/c1-7-36-24(33)20-18-12-13-30(26(35)37-27(4,5)6)14-19(18)40-22(20)28-21(32)16(3)39-23-25(34)38-29-31(23)17-10-8-15(2)9-11-17/h8-11,16H,7,12-14H2,1-6H3,(H-,28,29,32,33,34)/p+1. The molecule has 1 aliphatic rings. The molecule has 3 aromatic rings. The van der Waals surface area contributed by atoms with Crippen LogP contribution in [-0.4, -0.2) is 52.1 Å². The second kappa shape index (κ2) is 11.9. The molecule has 1 unspecified atom stereocenters. The average Bonchev–Trinajstić information content (AvgIpc) is 3.42. The van der Waals surface area contributed by atoms with E-state index in [1.165, 1.54) is 16.0 Å². The Morgan fingerprint density at radius 3 is 2.60 bits per heavy atom. The van der Waals surface area contributed by atoms with Gasteiger partial charge in [0.05, 0.1) is 24.0 Å². The highest BCUT2D eigenvalue weighted by Gasteiger charge is 2.34. The summed E-state index contributed by atoms with van der Waals surface area (Å²) in [4.78, 5) is 53.7. The van der Waals surface area contributed by atoms with Crippen LogP contribution >= 0.6 is 23.1 Å². The minimum absolute atomic E-state index is 0.176. The van der Waals surface area contributed by atoms with E-state index in [0.717, 1.165) is 27.8 Å². The minimum Gasteiger partial charge on any atom is -0.462 e. The van der Waals surface area contributed by atoms with E-state index in [9.17, 15) is 19.2 Å². The average molecular weight is 590 g/mol. The molecular weight excluding hydrogens is 556 g/mol. The van der Waals surface area contributed by atoms with Gasteiger partial charge in [-0.25, -0.2) is 14.4 Å². The SMILES string of the molecule is CCOC(=O)c1c(NC(=O)C(C)Sc2c(=O)o[nH][n+]2-c2ccc(C)cc2)sc2c1CCN(C(=O)OC(C)(C)C)C2. The summed E-state index contributed by atoms with van der Waals surface area (Å²) in [7, 11) is 0. The van der Waals surface area contributed by atoms with Gasteiger partial charge in [-0.05, 0) is 75.2 Å².